The van der Waals surface area contributed by atoms with Gasteiger partial charge in [0.05, 0.1) is 0 Å². The summed E-state index contributed by atoms with van der Waals surface area (Å²) < 4.78 is 1.02. The van der Waals surface area contributed by atoms with Crippen LogP contribution in [0.15, 0.2) is 34.9 Å². The molecule has 1 aliphatic carbocycles. The lowest BCUT2D eigenvalue weighted by Gasteiger charge is -2.12. The molecule has 1 heterocycles. The van der Waals surface area contributed by atoms with Gasteiger partial charge in [0, 0.05) is 28.5 Å². The monoisotopic (exact) mass is 361 g/mol. The number of aromatic nitrogens is 2. The van der Waals surface area contributed by atoms with Crippen LogP contribution in [0.3, 0.4) is 0 Å². The van der Waals surface area contributed by atoms with Gasteiger partial charge in [0.15, 0.2) is 0 Å². The Kier molecular flexibility index (Phi) is 4.90. The minimum absolute atomic E-state index is 0.609. The number of hydrogen-bond acceptors (Lipinski definition) is 5. The molecule has 22 heavy (non-hydrogen) atoms. The normalized spacial score (nSPS) is 13.9. The molecule has 5 nitrogen and oxygen atoms in total. The molecule has 0 unspecified atom stereocenters. The van der Waals surface area contributed by atoms with Crippen molar-refractivity contribution in [2.45, 2.75) is 25.2 Å². The molecule has 0 spiro atoms. The molecular formula is C16H20BrN5. The molecule has 1 aromatic heterocycles. The van der Waals surface area contributed by atoms with E-state index in [2.05, 4.69) is 36.5 Å². The summed E-state index contributed by atoms with van der Waals surface area (Å²) in [7, 11) is 0. The van der Waals surface area contributed by atoms with Crippen molar-refractivity contribution in [1.29, 1.82) is 0 Å². The highest BCUT2D eigenvalue weighted by Gasteiger charge is 2.27. The van der Waals surface area contributed by atoms with E-state index in [4.69, 9.17) is 5.73 Å². The molecule has 0 aliphatic heterocycles. The van der Waals surface area contributed by atoms with Crippen LogP contribution in [-0.4, -0.2) is 23.1 Å². The lowest BCUT2D eigenvalue weighted by Crippen LogP contribution is -2.12. The van der Waals surface area contributed by atoms with Gasteiger partial charge in [-0.05, 0) is 49.9 Å². The summed E-state index contributed by atoms with van der Waals surface area (Å²) in [5.41, 5.74) is 7.74. The van der Waals surface area contributed by atoms with Gasteiger partial charge in [-0.2, -0.15) is 4.98 Å². The van der Waals surface area contributed by atoms with Crippen molar-refractivity contribution in [2.24, 2.45) is 5.73 Å². The maximum absolute atomic E-state index is 5.56. The maximum Gasteiger partial charge on any atom is 0.229 e. The summed E-state index contributed by atoms with van der Waals surface area (Å²) in [6.45, 7) is 1.52. The second-order valence-electron chi connectivity index (χ2n) is 5.48. The highest BCUT2D eigenvalue weighted by molar-refractivity contribution is 9.10. The average molecular weight is 362 g/mol. The van der Waals surface area contributed by atoms with E-state index in [0.717, 1.165) is 28.9 Å². The van der Waals surface area contributed by atoms with E-state index in [0.29, 0.717) is 18.4 Å². The van der Waals surface area contributed by atoms with Crippen molar-refractivity contribution >= 4 is 33.4 Å². The fourth-order valence-corrected chi connectivity index (χ4v) is 2.69. The Morgan fingerprint density at radius 3 is 2.91 bits per heavy atom. The van der Waals surface area contributed by atoms with E-state index in [9.17, 15) is 0 Å². The molecule has 1 aliphatic rings. The number of hydrogen-bond donors (Lipinski definition) is 3. The topological polar surface area (TPSA) is 75.9 Å². The number of rotatable bonds is 7. The zero-order chi connectivity index (χ0) is 15.4. The zero-order valence-electron chi connectivity index (χ0n) is 12.3. The smallest absolute Gasteiger partial charge is 0.229 e. The van der Waals surface area contributed by atoms with E-state index in [1.165, 1.54) is 18.4 Å². The van der Waals surface area contributed by atoms with Crippen molar-refractivity contribution in [3.63, 3.8) is 0 Å². The van der Waals surface area contributed by atoms with Crippen molar-refractivity contribution in [1.82, 2.24) is 9.97 Å². The van der Waals surface area contributed by atoms with Crippen LogP contribution in [0.2, 0.25) is 0 Å². The van der Waals surface area contributed by atoms with Gasteiger partial charge in [0.1, 0.15) is 5.82 Å². The van der Waals surface area contributed by atoms with Gasteiger partial charge < -0.3 is 16.4 Å². The summed E-state index contributed by atoms with van der Waals surface area (Å²) >= 11 is 3.47. The third kappa shape index (κ3) is 3.96. The van der Waals surface area contributed by atoms with Gasteiger partial charge >= 0.3 is 0 Å². The largest absolute Gasteiger partial charge is 0.370 e. The van der Waals surface area contributed by atoms with Crippen molar-refractivity contribution in [2.75, 3.05) is 23.7 Å². The second kappa shape index (κ2) is 7.07. The second-order valence-corrected chi connectivity index (χ2v) is 6.39. The first-order valence-electron chi connectivity index (χ1n) is 7.60. The first-order chi connectivity index (χ1) is 10.8. The van der Waals surface area contributed by atoms with E-state index in [1.807, 2.05) is 30.5 Å². The molecule has 116 valence electrons. The molecule has 2 aromatic rings. The molecule has 4 N–H and O–H groups in total. The highest BCUT2D eigenvalue weighted by Crippen LogP contribution is 2.42. The molecule has 6 heteroatoms. The number of anilines is 3. The molecule has 0 atom stereocenters. The Hall–Kier alpha value is -1.66. The van der Waals surface area contributed by atoms with E-state index in [-0.39, 0.29) is 0 Å². The highest BCUT2D eigenvalue weighted by atomic mass is 79.9. The van der Waals surface area contributed by atoms with Gasteiger partial charge in [-0.1, -0.05) is 22.0 Å². The lowest BCUT2D eigenvalue weighted by molar-refractivity contribution is 0.865. The molecule has 0 bridgehead atoms. The Morgan fingerprint density at radius 2 is 2.18 bits per heavy atom. The van der Waals surface area contributed by atoms with Crippen LogP contribution >= 0.6 is 15.9 Å². The predicted octanol–water partition coefficient (Wildman–Crippen LogP) is 3.62. The minimum atomic E-state index is 0.609. The van der Waals surface area contributed by atoms with Crippen LogP contribution < -0.4 is 16.4 Å². The van der Waals surface area contributed by atoms with Gasteiger partial charge in [0.25, 0.3) is 0 Å². The summed E-state index contributed by atoms with van der Waals surface area (Å²) in [4.78, 5) is 9.09. The van der Waals surface area contributed by atoms with Crippen LogP contribution in [0.5, 0.6) is 0 Å². The summed E-state index contributed by atoms with van der Waals surface area (Å²) in [5, 5.41) is 6.64. The average Bonchev–Trinajstić information content (AvgIpc) is 3.32. The third-order valence-electron chi connectivity index (χ3n) is 3.59. The lowest BCUT2D eigenvalue weighted by atomic mass is 10.2. The van der Waals surface area contributed by atoms with Crippen molar-refractivity contribution < 1.29 is 0 Å². The molecule has 3 rings (SSSR count). The molecule has 1 aromatic carbocycles. The van der Waals surface area contributed by atoms with E-state index >= 15 is 0 Å². The Bertz CT molecular complexity index is 642. The van der Waals surface area contributed by atoms with E-state index < -0.39 is 0 Å². The third-order valence-corrected chi connectivity index (χ3v) is 4.08. The molecule has 0 radical (unpaired) electrons. The quantitative estimate of drug-likeness (QED) is 0.656. The van der Waals surface area contributed by atoms with Gasteiger partial charge in [-0.25, -0.2) is 4.98 Å². The van der Waals surface area contributed by atoms with Gasteiger partial charge in [-0.15, -0.1) is 0 Å². The first-order valence-corrected chi connectivity index (χ1v) is 8.39. The molecular weight excluding hydrogens is 342 g/mol. The fraction of sp³-hybridized carbons (Fsp3) is 0.375. The first kappa shape index (κ1) is 15.2. The standard InChI is InChI=1S/C16H20BrN5/c17-12-3-1-4-13(9-12)21-16-20-10-14(11-5-6-11)15(22-16)19-8-2-7-18/h1,3-4,9-11H,2,5-8,18H2,(H2,19,20,21,22). The maximum atomic E-state index is 5.56. The summed E-state index contributed by atoms with van der Waals surface area (Å²) in [6.07, 6.45) is 5.33. The van der Waals surface area contributed by atoms with Crippen LogP contribution in [0, 0.1) is 0 Å². The van der Waals surface area contributed by atoms with Gasteiger partial charge in [-0.3, -0.25) is 0 Å². The Balaban J connectivity index is 1.78. The number of halogens is 1. The van der Waals surface area contributed by atoms with E-state index in [1.54, 1.807) is 0 Å². The predicted molar refractivity (Wildman–Crippen MR) is 93.6 cm³/mol. The molecule has 1 fully saturated rings. The summed E-state index contributed by atoms with van der Waals surface area (Å²) in [5.74, 6) is 2.15. The number of nitrogens with one attached hydrogen (secondary N) is 2. The molecule has 0 amide bonds. The fourth-order valence-electron chi connectivity index (χ4n) is 2.29. The number of benzene rings is 1. The number of nitrogens with zero attached hydrogens (tertiary/aromatic N) is 2. The van der Waals surface area contributed by atoms with Crippen LogP contribution in [0.4, 0.5) is 17.5 Å². The minimum Gasteiger partial charge on any atom is -0.370 e. The van der Waals surface area contributed by atoms with Gasteiger partial charge in [0.2, 0.25) is 5.95 Å². The summed E-state index contributed by atoms with van der Waals surface area (Å²) in [6, 6.07) is 7.96. The molecule has 0 saturated heterocycles. The molecule has 1 saturated carbocycles. The zero-order valence-corrected chi connectivity index (χ0v) is 13.9. The Morgan fingerprint density at radius 1 is 1.32 bits per heavy atom. The number of nitrogens with two attached hydrogens (primary N) is 1. The van der Waals surface area contributed by atoms with Crippen LogP contribution in [0.1, 0.15) is 30.7 Å². The van der Waals surface area contributed by atoms with Crippen molar-refractivity contribution in [3.05, 3.63) is 40.5 Å². The van der Waals surface area contributed by atoms with Crippen LogP contribution in [0.25, 0.3) is 0 Å². The Labute approximate surface area is 138 Å². The SMILES string of the molecule is NCCCNc1nc(Nc2cccc(Br)c2)ncc1C1CC1. The van der Waals surface area contributed by atoms with Crippen molar-refractivity contribution in [3.8, 4) is 0 Å². The van der Waals surface area contributed by atoms with Crippen LogP contribution in [-0.2, 0) is 0 Å².